The van der Waals surface area contributed by atoms with Gasteiger partial charge in [0, 0.05) is 36.8 Å². The maximum absolute atomic E-state index is 9.12. The van der Waals surface area contributed by atoms with Crippen LogP contribution >= 0.6 is 0 Å². The predicted molar refractivity (Wildman–Crippen MR) is 85.1 cm³/mol. The highest BCUT2D eigenvalue weighted by Gasteiger charge is 2.13. The standard InChI is InChI=1S/C16H26N4O/c1-11(2)15(5-6-21)17-8-13-7-14-10-19-20(12(3)4)16(14)18-9-13/h7,9-12,15,17,21H,5-6,8H2,1-4H3. The maximum atomic E-state index is 9.12. The van der Waals surface area contributed by atoms with Crippen LogP contribution in [0.15, 0.2) is 18.5 Å². The molecule has 1 atom stereocenters. The second-order valence-corrected chi connectivity index (χ2v) is 6.18. The van der Waals surface area contributed by atoms with Gasteiger partial charge in [0.15, 0.2) is 5.65 Å². The van der Waals surface area contributed by atoms with Crippen molar-refractivity contribution < 1.29 is 5.11 Å². The Morgan fingerprint density at radius 3 is 2.62 bits per heavy atom. The van der Waals surface area contributed by atoms with Crippen LogP contribution in [0.3, 0.4) is 0 Å². The van der Waals surface area contributed by atoms with Gasteiger partial charge in [-0.15, -0.1) is 0 Å². The average molecular weight is 290 g/mol. The van der Waals surface area contributed by atoms with Crippen molar-refractivity contribution in [1.29, 1.82) is 0 Å². The van der Waals surface area contributed by atoms with Gasteiger partial charge in [0.2, 0.25) is 0 Å². The third-order valence-corrected chi connectivity index (χ3v) is 3.79. The number of fused-ring (bicyclic) bond motifs is 1. The molecule has 0 bridgehead atoms. The van der Waals surface area contributed by atoms with Crippen molar-refractivity contribution in [3.8, 4) is 0 Å². The minimum Gasteiger partial charge on any atom is -0.396 e. The zero-order valence-corrected chi connectivity index (χ0v) is 13.4. The van der Waals surface area contributed by atoms with Crippen molar-refractivity contribution in [3.63, 3.8) is 0 Å². The highest BCUT2D eigenvalue weighted by molar-refractivity contribution is 5.75. The van der Waals surface area contributed by atoms with Gasteiger partial charge >= 0.3 is 0 Å². The van der Waals surface area contributed by atoms with Gasteiger partial charge in [0.25, 0.3) is 0 Å². The van der Waals surface area contributed by atoms with Crippen LogP contribution < -0.4 is 5.32 Å². The van der Waals surface area contributed by atoms with Crippen molar-refractivity contribution in [2.24, 2.45) is 5.92 Å². The van der Waals surface area contributed by atoms with Gasteiger partial charge < -0.3 is 10.4 Å². The van der Waals surface area contributed by atoms with Gasteiger partial charge in [-0.1, -0.05) is 13.8 Å². The SMILES string of the molecule is CC(C)C(CCO)NCc1cnc2c(cnn2C(C)C)c1. The van der Waals surface area contributed by atoms with Crippen LogP contribution in [0.2, 0.25) is 0 Å². The summed E-state index contributed by atoms with van der Waals surface area (Å²) in [6.07, 6.45) is 4.56. The van der Waals surface area contributed by atoms with Crippen molar-refractivity contribution in [2.75, 3.05) is 6.61 Å². The van der Waals surface area contributed by atoms with E-state index in [1.165, 1.54) is 0 Å². The fraction of sp³-hybridized carbons (Fsp3) is 0.625. The molecule has 0 aliphatic carbocycles. The summed E-state index contributed by atoms with van der Waals surface area (Å²) in [5.41, 5.74) is 2.08. The number of nitrogens with one attached hydrogen (secondary N) is 1. The molecule has 2 rings (SSSR count). The quantitative estimate of drug-likeness (QED) is 0.822. The normalized spacial score (nSPS) is 13.5. The molecule has 5 heteroatoms. The smallest absolute Gasteiger partial charge is 0.157 e. The van der Waals surface area contributed by atoms with Gasteiger partial charge in [-0.2, -0.15) is 5.10 Å². The van der Waals surface area contributed by atoms with E-state index in [1.54, 1.807) is 0 Å². The highest BCUT2D eigenvalue weighted by atomic mass is 16.3. The van der Waals surface area contributed by atoms with E-state index in [2.05, 4.69) is 49.2 Å². The minimum absolute atomic E-state index is 0.217. The molecule has 0 aliphatic rings. The Labute approximate surface area is 126 Å². The number of hydrogen-bond acceptors (Lipinski definition) is 4. The first kappa shape index (κ1) is 15.9. The lowest BCUT2D eigenvalue weighted by molar-refractivity contribution is 0.244. The van der Waals surface area contributed by atoms with E-state index in [4.69, 9.17) is 5.11 Å². The van der Waals surface area contributed by atoms with Crippen LogP contribution in [-0.2, 0) is 6.54 Å². The van der Waals surface area contributed by atoms with Gasteiger partial charge in [0.05, 0.1) is 6.20 Å². The largest absolute Gasteiger partial charge is 0.396 e. The van der Waals surface area contributed by atoms with Crippen molar-refractivity contribution >= 4 is 11.0 Å². The Morgan fingerprint density at radius 1 is 1.24 bits per heavy atom. The molecule has 5 nitrogen and oxygen atoms in total. The molecule has 0 aromatic carbocycles. The number of pyridine rings is 1. The molecule has 2 N–H and O–H groups in total. The minimum atomic E-state index is 0.217. The Hall–Kier alpha value is -1.46. The van der Waals surface area contributed by atoms with E-state index >= 15 is 0 Å². The summed E-state index contributed by atoms with van der Waals surface area (Å²) in [7, 11) is 0. The number of aliphatic hydroxyl groups excluding tert-OH is 1. The Bertz CT molecular complexity index is 577. The second kappa shape index (κ2) is 7.00. The number of hydrogen-bond donors (Lipinski definition) is 2. The molecular weight excluding hydrogens is 264 g/mol. The molecule has 1 unspecified atom stereocenters. The summed E-state index contributed by atoms with van der Waals surface area (Å²) < 4.78 is 1.94. The third kappa shape index (κ3) is 3.80. The molecule has 0 radical (unpaired) electrons. The molecule has 0 aliphatic heterocycles. The maximum Gasteiger partial charge on any atom is 0.157 e. The Balaban J connectivity index is 2.09. The highest BCUT2D eigenvalue weighted by Crippen LogP contribution is 2.17. The molecule has 0 fully saturated rings. The topological polar surface area (TPSA) is 63.0 Å². The summed E-state index contributed by atoms with van der Waals surface area (Å²) in [6, 6.07) is 2.77. The molecule has 0 spiro atoms. The number of aliphatic hydroxyl groups is 1. The van der Waals surface area contributed by atoms with Crippen LogP contribution in [0.1, 0.15) is 45.7 Å². The summed E-state index contributed by atoms with van der Waals surface area (Å²) in [5.74, 6) is 0.498. The molecule has 0 amide bonds. The predicted octanol–water partition coefficient (Wildman–Crippen LogP) is 2.51. The summed E-state index contributed by atoms with van der Waals surface area (Å²) in [5, 5.41) is 18.1. The Kier molecular flexibility index (Phi) is 5.31. The fourth-order valence-corrected chi connectivity index (χ4v) is 2.52. The van der Waals surface area contributed by atoms with Gasteiger partial charge in [-0.25, -0.2) is 9.67 Å². The van der Waals surface area contributed by atoms with Crippen LogP contribution in [0.25, 0.3) is 11.0 Å². The lowest BCUT2D eigenvalue weighted by Gasteiger charge is -2.21. The summed E-state index contributed by atoms with van der Waals surface area (Å²) >= 11 is 0. The Morgan fingerprint density at radius 2 is 2.00 bits per heavy atom. The van der Waals surface area contributed by atoms with Crippen LogP contribution in [0.4, 0.5) is 0 Å². The van der Waals surface area contributed by atoms with Crippen LogP contribution in [0.5, 0.6) is 0 Å². The van der Waals surface area contributed by atoms with Crippen LogP contribution in [0, 0.1) is 5.92 Å². The van der Waals surface area contributed by atoms with Crippen molar-refractivity contribution in [2.45, 2.75) is 52.7 Å². The monoisotopic (exact) mass is 290 g/mol. The van der Waals surface area contributed by atoms with Gasteiger partial charge in [0.1, 0.15) is 0 Å². The molecule has 2 aromatic heterocycles. The first-order chi connectivity index (χ1) is 10.0. The van der Waals surface area contributed by atoms with E-state index in [0.29, 0.717) is 18.0 Å². The van der Waals surface area contributed by atoms with E-state index < -0.39 is 0 Å². The lowest BCUT2D eigenvalue weighted by Crippen LogP contribution is -2.34. The first-order valence-corrected chi connectivity index (χ1v) is 7.69. The fourth-order valence-electron chi connectivity index (χ4n) is 2.52. The van der Waals surface area contributed by atoms with E-state index in [0.717, 1.165) is 29.6 Å². The average Bonchev–Trinajstić information content (AvgIpc) is 2.86. The van der Waals surface area contributed by atoms with Gasteiger partial charge in [-0.3, -0.25) is 0 Å². The summed E-state index contributed by atoms with van der Waals surface area (Å²) in [4.78, 5) is 4.54. The second-order valence-electron chi connectivity index (χ2n) is 6.18. The summed E-state index contributed by atoms with van der Waals surface area (Å²) in [6.45, 7) is 9.52. The molecule has 0 saturated heterocycles. The number of nitrogens with zero attached hydrogens (tertiary/aromatic N) is 3. The molecule has 2 aromatic rings. The molecular formula is C16H26N4O. The molecule has 2 heterocycles. The third-order valence-electron chi connectivity index (χ3n) is 3.79. The van der Waals surface area contributed by atoms with Crippen LogP contribution in [-0.4, -0.2) is 32.5 Å². The van der Waals surface area contributed by atoms with Gasteiger partial charge in [-0.05, 0) is 37.8 Å². The van der Waals surface area contributed by atoms with E-state index in [9.17, 15) is 0 Å². The molecule has 116 valence electrons. The van der Waals surface area contributed by atoms with E-state index in [-0.39, 0.29) is 6.61 Å². The lowest BCUT2D eigenvalue weighted by atomic mass is 10.0. The molecule has 0 saturated carbocycles. The number of rotatable bonds is 7. The zero-order chi connectivity index (χ0) is 15.4. The van der Waals surface area contributed by atoms with E-state index in [1.807, 2.05) is 17.1 Å². The molecule has 21 heavy (non-hydrogen) atoms. The number of aromatic nitrogens is 3. The van der Waals surface area contributed by atoms with Crippen molar-refractivity contribution in [3.05, 3.63) is 24.0 Å². The van der Waals surface area contributed by atoms with Crippen molar-refractivity contribution in [1.82, 2.24) is 20.1 Å². The zero-order valence-electron chi connectivity index (χ0n) is 13.4. The first-order valence-electron chi connectivity index (χ1n) is 7.69.